The quantitative estimate of drug-likeness (QED) is 0.819. The monoisotopic (exact) mass is 348 g/mol. The first kappa shape index (κ1) is 17.9. The van der Waals surface area contributed by atoms with Crippen LogP contribution in [0.5, 0.6) is 0 Å². The van der Waals surface area contributed by atoms with Gasteiger partial charge < -0.3 is 9.80 Å². The molecule has 0 saturated carbocycles. The Hall–Kier alpha value is -2.88. The van der Waals surface area contributed by atoms with Crippen LogP contribution in [0.1, 0.15) is 43.0 Å². The van der Waals surface area contributed by atoms with Gasteiger partial charge in [0.2, 0.25) is 11.8 Å². The van der Waals surface area contributed by atoms with E-state index < -0.39 is 0 Å². The summed E-state index contributed by atoms with van der Waals surface area (Å²) in [5.74, 6) is -0.00244. The van der Waals surface area contributed by atoms with Crippen LogP contribution in [0.25, 0.3) is 6.08 Å². The van der Waals surface area contributed by atoms with Crippen LogP contribution >= 0.6 is 0 Å². The Bertz CT molecular complexity index is 814. The van der Waals surface area contributed by atoms with E-state index in [4.69, 9.17) is 0 Å². The molecule has 1 aliphatic heterocycles. The summed E-state index contributed by atoms with van der Waals surface area (Å²) in [6.07, 6.45) is 4.00. The summed E-state index contributed by atoms with van der Waals surface area (Å²) >= 11 is 0. The number of carbonyl (C=O) groups excluding carboxylic acids is 2. The number of fused-ring (bicyclic) bond motifs is 1. The Morgan fingerprint density at radius 3 is 2.42 bits per heavy atom. The molecule has 0 spiro atoms. The van der Waals surface area contributed by atoms with Crippen LogP contribution in [0.15, 0.2) is 60.8 Å². The molecule has 0 saturated heterocycles. The van der Waals surface area contributed by atoms with E-state index in [9.17, 15) is 9.59 Å². The van der Waals surface area contributed by atoms with Gasteiger partial charge in [-0.1, -0.05) is 54.6 Å². The molecule has 0 bridgehead atoms. The second-order valence-electron chi connectivity index (χ2n) is 6.48. The standard InChI is InChI=1S/C22H24N2O2/c1-3-23(16-18-9-5-4-6-10-18)22(26)15-21-20-12-8-7-11-19(20)13-14-24(21)17(2)25/h4-14,21H,3,15-16H2,1-2H3/t21-/m1/s1. The summed E-state index contributed by atoms with van der Waals surface area (Å²) in [6.45, 7) is 4.74. The minimum absolute atomic E-state index is 0.0534. The summed E-state index contributed by atoms with van der Waals surface area (Å²) in [5, 5.41) is 0. The van der Waals surface area contributed by atoms with Crippen molar-refractivity contribution in [2.24, 2.45) is 0 Å². The average molecular weight is 348 g/mol. The fourth-order valence-electron chi connectivity index (χ4n) is 3.39. The van der Waals surface area contributed by atoms with Crippen molar-refractivity contribution in [3.05, 3.63) is 77.5 Å². The van der Waals surface area contributed by atoms with Gasteiger partial charge in [0.25, 0.3) is 0 Å². The van der Waals surface area contributed by atoms with Crippen molar-refractivity contribution in [2.45, 2.75) is 32.9 Å². The van der Waals surface area contributed by atoms with E-state index in [0.29, 0.717) is 13.1 Å². The Kier molecular flexibility index (Phi) is 5.52. The molecule has 134 valence electrons. The highest BCUT2D eigenvalue weighted by Crippen LogP contribution is 2.33. The van der Waals surface area contributed by atoms with E-state index in [1.807, 2.05) is 72.5 Å². The van der Waals surface area contributed by atoms with Gasteiger partial charge in [0.15, 0.2) is 0 Å². The molecule has 2 amide bonds. The minimum atomic E-state index is -0.258. The average Bonchev–Trinajstić information content (AvgIpc) is 2.66. The second kappa shape index (κ2) is 8.00. The molecule has 0 aliphatic carbocycles. The summed E-state index contributed by atoms with van der Waals surface area (Å²) in [6, 6.07) is 17.7. The highest BCUT2D eigenvalue weighted by molar-refractivity contribution is 5.82. The second-order valence-corrected chi connectivity index (χ2v) is 6.48. The molecule has 4 nitrogen and oxygen atoms in total. The molecule has 0 radical (unpaired) electrons. The fourth-order valence-corrected chi connectivity index (χ4v) is 3.39. The zero-order chi connectivity index (χ0) is 18.5. The minimum Gasteiger partial charge on any atom is -0.339 e. The van der Waals surface area contributed by atoms with Gasteiger partial charge in [0.1, 0.15) is 0 Å². The van der Waals surface area contributed by atoms with Crippen molar-refractivity contribution in [2.75, 3.05) is 6.54 Å². The first-order valence-corrected chi connectivity index (χ1v) is 8.98. The summed E-state index contributed by atoms with van der Waals surface area (Å²) in [5.41, 5.74) is 3.19. The molecule has 2 aromatic carbocycles. The maximum atomic E-state index is 13.0. The fraction of sp³-hybridized carbons (Fsp3) is 0.273. The largest absolute Gasteiger partial charge is 0.339 e. The number of amides is 2. The lowest BCUT2D eigenvalue weighted by Gasteiger charge is -2.33. The first-order chi connectivity index (χ1) is 12.6. The molecule has 0 unspecified atom stereocenters. The van der Waals surface area contributed by atoms with Crippen molar-refractivity contribution in [3.8, 4) is 0 Å². The highest BCUT2D eigenvalue weighted by atomic mass is 16.2. The Labute approximate surface area is 154 Å². The molecule has 26 heavy (non-hydrogen) atoms. The van der Waals surface area contributed by atoms with Gasteiger partial charge in [-0.25, -0.2) is 0 Å². The molecule has 3 rings (SSSR count). The van der Waals surface area contributed by atoms with Gasteiger partial charge in [-0.2, -0.15) is 0 Å². The number of rotatable bonds is 5. The van der Waals surface area contributed by atoms with Gasteiger partial charge in [-0.3, -0.25) is 9.59 Å². The van der Waals surface area contributed by atoms with Gasteiger partial charge in [0, 0.05) is 26.2 Å². The molecule has 1 atom stereocenters. The molecular weight excluding hydrogens is 324 g/mol. The zero-order valence-electron chi connectivity index (χ0n) is 15.3. The smallest absolute Gasteiger partial charge is 0.225 e. The third kappa shape index (κ3) is 3.85. The summed E-state index contributed by atoms with van der Waals surface area (Å²) in [7, 11) is 0. The van der Waals surface area contributed by atoms with Crippen molar-refractivity contribution in [1.29, 1.82) is 0 Å². The molecule has 2 aromatic rings. The molecule has 1 aliphatic rings. The van der Waals surface area contributed by atoms with E-state index >= 15 is 0 Å². The predicted octanol–water partition coefficient (Wildman–Crippen LogP) is 4.00. The van der Waals surface area contributed by atoms with Crippen molar-refractivity contribution in [1.82, 2.24) is 9.80 Å². The maximum Gasteiger partial charge on any atom is 0.225 e. The van der Waals surface area contributed by atoms with Crippen LogP contribution in [0, 0.1) is 0 Å². The van der Waals surface area contributed by atoms with Crippen LogP contribution in [0.2, 0.25) is 0 Å². The SMILES string of the molecule is CCN(Cc1ccccc1)C(=O)C[C@@H]1c2ccccc2C=CN1C(C)=O. The Morgan fingerprint density at radius 2 is 1.73 bits per heavy atom. The molecule has 0 aromatic heterocycles. The summed E-state index contributed by atoms with van der Waals surface area (Å²) in [4.78, 5) is 28.6. The van der Waals surface area contributed by atoms with E-state index in [1.165, 1.54) is 6.92 Å². The summed E-state index contributed by atoms with van der Waals surface area (Å²) < 4.78 is 0. The normalized spacial score (nSPS) is 15.5. The lowest BCUT2D eigenvalue weighted by Crippen LogP contribution is -2.37. The lowest BCUT2D eigenvalue weighted by atomic mass is 9.93. The first-order valence-electron chi connectivity index (χ1n) is 8.98. The molecule has 0 fully saturated rings. The van der Waals surface area contributed by atoms with Crippen molar-refractivity contribution in [3.63, 3.8) is 0 Å². The number of hydrogen-bond donors (Lipinski definition) is 0. The van der Waals surface area contributed by atoms with E-state index in [2.05, 4.69) is 0 Å². The molecular formula is C22H24N2O2. The highest BCUT2D eigenvalue weighted by Gasteiger charge is 2.29. The lowest BCUT2D eigenvalue weighted by molar-refractivity contribution is -0.135. The number of nitrogens with zero attached hydrogens (tertiary/aromatic N) is 2. The van der Waals surface area contributed by atoms with E-state index in [1.54, 1.807) is 11.1 Å². The van der Waals surface area contributed by atoms with Crippen molar-refractivity contribution >= 4 is 17.9 Å². The van der Waals surface area contributed by atoms with E-state index in [0.717, 1.165) is 16.7 Å². The van der Waals surface area contributed by atoms with Crippen molar-refractivity contribution < 1.29 is 9.59 Å². The third-order valence-corrected chi connectivity index (χ3v) is 4.79. The number of hydrogen-bond acceptors (Lipinski definition) is 2. The predicted molar refractivity (Wildman–Crippen MR) is 103 cm³/mol. The van der Waals surface area contributed by atoms with Gasteiger partial charge in [-0.05, 0) is 29.7 Å². The Morgan fingerprint density at radius 1 is 1.04 bits per heavy atom. The Balaban J connectivity index is 1.81. The van der Waals surface area contributed by atoms with Gasteiger partial charge in [-0.15, -0.1) is 0 Å². The van der Waals surface area contributed by atoms with Crippen LogP contribution in [-0.4, -0.2) is 28.2 Å². The van der Waals surface area contributed by atoms with Crippen LogP contribution < -0.4 is 0 Å². The number of benzene rings is 2. The molecule has 4 heteroatoms. The third-order valence-electron chi connectivity index (χ3n) is 4.79. The van der Waals surface area contributed by atoms with Crippen LogP contribution in [-0.2, 0) is 16.1 Å². The van der Waals surface area contributed by atoms with Gasteiger partial charge in [0.05, 0.1) is 12.5 Å². The zero-order valence-corrected chi connectivity index (χ0v) is 15.3. The van der Waals surface area contributed by atoms with Gasteiger partial charge >= 0.3 is 0 Å². The molecule has 0 N–H and O–H groups in total. The topological polar surface area (TPSA) is 40.6 Å². The molecule has 1 heterocycles. The van der Waals surface area contributed by atoms with E-state index in [-0.39, 0.29) is 24.3 Å². The van der Waals surface area contributed by atoms with Crippen LogP contribution in [0.3, 0.4) is 0 Å². The van der Waals surface area contributed by atoms with Crippen LogP contribution in [0.4, 0.5) is 0 Å². The maximum absolute atomic E-state index is 13.0. The number of carbonyl (C=O) groups is 2.